The molecule has 0 saturated carbocycles. The quantitative estimate of drug-likeness (QED) is 0.801. The number of carbonyl (C=O) groups is 2. The molecule has 18 heavy (non-hydrogen) atoms. The monoisotopic (exact) mass is 264 g/mol. The van der Waals surface area contributed by atoms with Crippen LogP contribution in [0.1, 0.15) is 15.9 Å². The first kappa shape index (κ1) is 14.1. The molecule has 94 valence electrons. The van der Waals surface area contributed by atoms with E-state index in [0.29, 0.717) is 16.1 Å². The smallest absolute Gasteiger partial charge is 0.252 e. The van der Waals surface area contributed by atoms with Crippen molar-refractivity contribution >= 4 is 23.4 Å². The second-order valence-corrected chi connectivity index (χ2v) is 3.98. The van der Waals surface area contributed by atoms with Gasteiger partial charge in [0.1, 0.15) is 0 Å². The number of nitrogens with one attached hydrogen (secondary N) is 2. The highest BCUT2D eigenvalue weighted by molar-refractivity contribution is 6.31. The molecule has 4 nitrogen and oxygen atoms in total. The van der Waals surface area contributed by atoms with E-state index < -0.39 is 0 Å². The molecular formula is C13H13ClN2O2. The minimum atomic E-state index is -0.342. The van der Waals surface area contributed by atoms with Crippen molar-refractivity contribution in [1.29, 1.82) is 0 Å². The molecule has 0 fully saturated rings. The summed E-state index contributed by atoms with van der Waals surface area (Å²) in [5.41, 5.74) is 1.13. The van der Waals surface area contributed by atoms with Crippen molar-refractivity contribution in [1.82, 2.24) is 10.6 Å². The van der Waals surface area contributed by atoms with Crippen LogP contribution in [0, 0.1) is 19.3 Å². The number of halogens is 1. The first-order valence-electron chi connectivity index (χ1n) is 5.29. The molecule has 1 aromatic rings. The maximum atomic E-state index is 11.8. The van der Waals surface area contributed by atoms with Gasteiger partial charge in [-0.1, -0.05) is 23.6 Å². The van der Waals surface area contributed by atoms with Crippen LogP contribution in [0.3, 0.4) is 0 Å². The number of hydrogen-bond donors (Lipinski definition) is 2. The van der Waals surface area contributed by atoms with Gasteiger partial charge in [-0.05, 0) is 24.6 Å². The molecule has 0 aliphatic heterocycles. The molecule has 2 N–H and O–H groups in total. The lowest BCUT2D eigenvalue weighted by atomic mass is 10.1. The van der Waals surface area contributed by atoms with Crippen LogP contribution < -0.4 is 10.6 Å². The highest BCUT2D eigenvalue weighted by Gasteiger charge is 2.11. The minimum absolute atomic E-state index is 0.119. The van der Waals surface area contributed by atoms with Gasteiger partial charge in [0.25, 0.3) is 5.91 Å². The Morgan fingerprint density at radius 1 is 1.39 bits per heavy atom. The number of rotatable bonds is 4. The van der Waals surface area contributed by atoms with Crippen molar-refractivity contribution in [2.24, 2.45) is 0 Å². The summed E-state index contributed by atoms with van der Waals surface area (Å²) < 4.78 is 0. The normalized spacial score (nSPS) is 9.39. The second kappa shape index (κ2) is 6.67. The molecule has 1 aromatic carbocycles. The second-order valence-electron chi connectivity index (χ2n) is 3.58. The summed E-state index contributed by atoms with van der Waals surface area (Å²) in [6, 6.07) is 5.03. The van der Waals surface area contributed by atoms with Crippen molar-refractivity contribution < 1.29 is 9.59 Å². The van der Waals surface area contributed by atoms with E-state index in [1.165, 1.54) is 0 Å². The van der Waals surface area contributed by atoms with E-state index >= 15 is 0 Å². The molecule has 0 heterocycles. The summed E-state index contributed by atoms with van der Waals surface area (Å²) in [5.74, 6) is 1.60. The lowest BCUT2D eigenvalue weighted by Crippen LogP contribution is -2.37. The highest BCUT2D eigenvalue weighted by atomic mass is 35.5. The summed E-state index contributed by atoms with van der Waals surface area (Å²) in [7, 11) is 0. The third-order valence-corrected chi connectivity index (χ3v) is 2.72. The van der Waals surface area contributed by atoms with Gasteiger partial charge in [-0.15, -0.1) is 6.42 Å². The molecule has 5 heteroatoms. The zero-order valence-corrected chi connectivity index (χ0v) is 10.7. The average Bonchev–Trinajstić information content (AvgIpc) is 2.36. The van der Waals surface area contributed by atoms with E-state index in [1.807, 2.05) is 0 Å². The number of carbonyl (C=O) groups excluding carboxylic acids is 2. The van der Waals surface area contributed by atoms with Gasteiger partial charge in [0, 0.05) is 10.6 Å². The van der Waals surface area contributed by atoms with Crippen LogP contribution in [0.2, 0.25) is 5.02 Å². The molecule has 0 aliphatic carbocycles. The third-order valence-electron chi connectivity index (χ3n) is 2.31. The van der Waals surface area contributed by atoms with Gasteiger partial charge in [-0.3, -0.25) is 9.59 Å². The van der Waals surface area contributed by atoms with E-state index in [1.54, 1.807) is 25.1 Å². The van der Waals surface area contributed by atoms with Gasteiger partial charge in [-0.25, -0.2) is 0 Å². The fourth-order valence-electron chi connectivity index (χ4n) is 1.32. The van der Waals surface area contributed by atoms with Crippen molar-refractivity contribution in [3.05, 3.63) is 34.3 Å². The van der Waals surface area contributed by atoms with Gasteiger partial charge in [0.15, 0.2) is 0 Å². The van der Waals surface area contributed by atoms with E-state index in [-0.39, 0.29) is 24.9 Å². The first-order valence-corrected chi connectivity index (χ1v) is 5.67. The zero-order valence-electron chi connectivity index (χ0n) is 9.92. The zero-order chi connectivity index (χ0) is 13.5. The van der Waals surface area contributed by atoms with Gasteiger partial charge in [-0.2, -0.15) is 0 Å². The number of amides is 2. The SMILES string of the molecule is C#CCNC(=O)CNC(=O)c1cccc(Cl)c1C. The predicted molar refractivity (Wildman–Crippen MR) is 70.4 cm³/mol. The highest BCUT2D eigenvalue weighted by Crippen LogP contribution is 2.18. The fourth-order valence-corrected chi connectivity index (χ4v) is 1.50. The van der Waals surface area contributed by atoms with Crippen LogP contribution in [0.25, 0.3) is 0 Å². The topological polar surface area (TPSA) is 58.2 Å². The van der Waals surface area contributed by atoms with Crippen LogP contribution in [0.5, 0.6) is 0 Å². The Labute approximate surface area is 111 Å². The molecule has 0 unspecified atom stereocenters. The van der Waals surface area contributed by atoms with Gasteiger partial charge in [0.05, 0.1) is 13.1 Å². The Balaban J connectivity index is 2.59. The molecule has 0 aromatic heterocycles. The molecule has 0 atom stereocenters. The summed E-state index contributed by atoms with van der Waals surface area (Å²) >= 11 is 5.91. The summed E-state index contributed by atoms with van der Waals surface area (Å²) in [4.78, 5) is 23.0. The summed E-state index contributed by atoms with van der Waals surface area (Å²) in [6.45, 7) is 1.77. The lowest BCUT2D eigenvalue weighted by molar-refractivity contribution is -0.119. The van der Waals surface area contributed by atoms with E-state index in [9.17, 15) is 9.59 Å². The number of hydrogen-bond acceptors (Lipinski definition) is 2. The molecule has 0 saturated heterocycles. The molecule has 1 rings (SSSR count). The molecular weight excluding hydrogens is 252 g/mol. The molecule has 0 bridgehead atoms. The van der Waals surface area contributed by atoms with Crippen molar-refractivity contribution in [2.45, 2.75) is 6.92 Å². The van der Waals surface area contributed by atoms with Crippen LogP contribution in [0.4, 0.5) is 0 Å². The minimum Gasteiger partial charge on any atom is -0.344 e. The Bertz CT molecular complexity index is 506. The Morgan fingerprint density at radius 3 is 2.78 bits per heavy atom. The number of benzene rings is 1. The van der Waals surface area contributed by atoms with Crippen LogP contribution >= 0.6 is 11.6 Å². The van der Waals surface area contributed by atoms with Crippen molar-refractivity contribution in [3.8, 4) is 12.3 Å². The maximum absolute atomic E-state index is 11.8. The maximum Gasteiger partial charge on any atom is 0.252 e. The number of terminal acetylenes is 1. The third kappa shape index (κ3) is 3.79. The Hall–Kier alpha value is -1.99. The van der Waals surface area contributed by atoms with Crippen LogP contribution in [-0.2, 0) is 4.79 Å². The van der Waals surface area contributed by atoms with Crippen LogP contribution in [0.15, 0.2) is 18.2 Å². The van der Waals surface area contributed by atoms with E-state index in [4.69, 9.17) is 18.0 Å². The molecule has 2 amide bonds. The van der Waals surface area contributed by atoms with Gasteiger partial charge in [0.2, 0.25) is 5.91 Å². The summed E-state index contributed by atoms with van der Waals surface area (Å²) in [6.07, 6.45) is 4.99. The van der Waals surface area contributed by atoms with Gasteiger partial charge < -0.3 is 10.6 Å². The molecule has 0 radical (unpaired) electrons. The largest absolute Gasteiger partial charge is 0.344 e. The summed E-state index contributed by atoms with van der Waals surface area (Å²) in [5, 5.41) is 5.46. The average molecular weight is 265 g/mol. The molecule has 0 aliphatic rings. The first-order chi connectivity index (χ1) is 8.56. The van der Waals surface area contributed by atoms with E-state index in [0.717, 1.165) is 0 Å². The van der Waals surface area contributed by atoms with Crippen molar-refractivity contribution in [2.75, 3.05) is 13.1 Å². The standard InChI is InChI=1S/C13H13ClN2O2/c1-3-7-15-12(17)8-16-13(18)10-5-4-6-11(14)9(10)2/h1,4-6H,7-8H2,2H3,(H,15,17)(H,16,18). The van der Waals surface area contributed by atoms with Crippen LogP contribution in [-0.4, -0.2) is 24.9 Å². The van der Waals surface area contributed by atoms with Crippen molar-refractivity contribution in [3.63, 3.8) is 0 Å². The Morgan fingerprint density at radius 2 is 2.11 bits per heavy atom. The fraction of sp³-hybridized carbons (Fsp3) is 0.231. The predicted octanol–water partition coefficient (Wildman–Crippen LogP) is 1.13. The molecule has 0 spiro atoms. The van der Waals surface area contributed by atoms with Gasteiger partial charge >= 0.3 is 0 Å². The Kier molecular flexibility index (Phi) is 5.22. The van der Waals surface area contributed by atoms with E-state index in [2.05, 4.69) is 16.6 Å². The lowest BCUT2D eigenvalue weighted by Gasteiger charge is -2.08.